The highest BCUT2D eigenvalue weighted by Crippen LogP contribution is 2.26. The van der Waals surface area contributed by atoms with E-state index < -0.39 is 0 Å². The molecule has 0 atom stereocenters. The zero-order valence-electron chi connectivity index (χ0n) is 19.3. The molecule has 0 spiro atoms. The van der Waals surface area contributed by atoms with Crippen LogP contribution in [0.25, 0.3) is 5.57 Å². The predicted octanol–water partition coefficient (Wildman–Crippen LogP) is 7.16. The minimum atomic E-state index is 1.08. The number of hydrogen-bond donors (Lipinski definition) is 0. The Morgan fingerprint density at radius 3 is 1.87 bits per heavy atom. The lowest BCUT2D eigenvalue weighted by atomic mass is 9.97. The van der Waals surface area contributed by atoms with Gasteiger partial charge in [0.05, 0.1) is 0 Å². The van der Waals surface area contributed by atoms with Crippen molar-refractivity contribution in [3.8, 4) is 0 Å². The van der Waals surface area contributed by atoms with Crippen LogP contribution in [0.5, 0.6) is 0 Å². The fraction of sp³-hybridized carbons (Fsp3) is 0.357. The van der Waals surface area contributed by atoms with Crippen LogP contribution in [-0.2, 0) is 0 Å². The van der Waals surface area contributed by atoms with Crippen molar-refractivity contribution in [3.63, 3.8) is 0 Å². The summed E-state index contributed by atoms with van der Waals surface area (Å²) in [6, 6.07) is 19.4. The predicted molar refractivity (Wildman–Crippen MR) is 134 cm³/mol. The molecule has 0 fully saturated rings. The fourth-order valence-electron chi connectivity index (χ4n) is 3.46. The Balaban J connectivity index is 2.43. The molecule has 160 valence electrons. The van der Waals surface area contributed by atoms with Gasteiger partial charge in [-0.1, -0.05) is 81.8 Å². The molecule has 30 heavy (non-hydrogen) atoms. The average molecular weight is 403 g/mol. The van der Waals surface area contributed by atoms with Gasteiger partial charge in [-0.05, 0) is 53.8 Å². The van der Waals surface area contributed by atoms with Gasteiger partial charge in [-0.15, -0.1) is 0 Å². The van der Waals surface area contributed by atoms with Crippen LogP contribution in [-0.4, -0.2) is 32.1 Å². The van der Waals surface area contributed by atoms with Crippen LogP contribution in [0, 0.1) is 0 Å². The van der Waals surface area contributed by atoms with E-state index >= 15 is 0 Å². The summed E-state index contributed by atoms with van der Waals surface area (Å²) in [5.41, 5.74) is 6.09. The third-order valence-corrected chi connectivity index (χ3v) is 5.34. The van der Waals surface area contributed by atoms with Gasteiger partial charge in [0.1, 0.15) is 0 Å². The van der Waals surface area contributed by atoms with Gasteiger partial charge in [-0.3, -0.25) is 0 Å². The third kappa shape index (κ3) is 6.95. The number of allylic oxidation sites excluding steroid dienone is 3. The lowest BCUT2D eigenvalue weighted by Gasteiger charge is -2.25. The van der Waals surface area contributed by atoms with Crippen LogP contribution in [0.3, 0.4) is 0 Å². The van der Waals surface area contributed by atoms with E-state index in [1.54, 1.807) is 0 Å². The topological polar surface area (TPSA) is 6.48 Å². The molecule has 0 amide bonds. The van der Waals surface area contributed by atoms with Gasteiger partial charge in [0, 0.05) is 38.6 Å². The molecule has 0 aromatic heterocycles. The number of anilines is 1. The van der Waals surface area contributed by atoms with Crippen molar-refractivity contribution in [1.29, 1.82) is 0 Å². The van der Waals surface area contributed by atoms with Gasteiger partial charge in [0.15, 0.2) is 0 Å². The highest BCUT2D eigenvalue weighted by Gasteiger charge is 2.08. The Kier molecular flexibility index (Phi) is 10.00. The zero-order valence-corrected chi connectivity index (χ0v) is 19.3. The number of rotatable bonds is 12. The Hall–Kier alpha value is -2.74. The lowest BCUT2D eigenvalue weighted by Crippen LogP contribution is -2.24. The number of nitrogens with zero attached hydrogens (tertiary/aromatic N) is 2. The minimum absolute atomic E-state index is 1.08. The van der Waals surface area contributed by atoms with Crippen molar-refractivity contribution in [2.45, 2.75) is 39.5 Å². The van der Waals surface area contributed by atoms with Gasteiger partial charge < -0.3 is 9.80 Å². The van der Waals surface area contributed by atoms with Crippen LogP contribution in [0.4, 0.5) is 5.69 Å². The Morgan fingerprint density at radius 2 is 1.37 bits per heavy atom. The van der Waals surface area contributed by atoms with Crippen LogP contribution in [0.1, 0.15) is 50.7 Å². The summed E-state index contributed by atoms with van der Waals surface area (Å²) in [4.78, 5) is 4.61. The smallest absolute Gasteiger partial charge is 0.0361 e. The summed E-state index contributed by atoms with van der Waals surface area (Å²) < 4.78 is 0. The SMILES string of the molecule is C=CC(=CC=C(c1ccccc1)c1ccc(N(C)C)cc1)N(CCCC)CCCC. The second-order valence-electron chi connectivity index (χ2n) is 7.88. The molecule has 2 rings (SSSR count). The third-order valence-electron chi connectivity index (χ3n) is 5.34. The molecule has 2 heteroatoms. The van der Waals surface area contributed by atoms with E-state index in [-0.39, 0.29) is 0 Å². The molecule has 0 heterocycles. The molecule has 2 aromatic carbocycles. The fourth-order valence-corrected chi connectivity index (χ4v) is 3.46. The zero-order chi connectivity index (χ0) is 21.8. The molecule has 0 saturated heterocycles. The van der Waals surface area contributed by atoms with Gasteiger partial charge in [0.25, 0.3) is 0 Å². The molecule has 0 bridgehead atoms. The standard InChI is InChI=1S/C28H38N2/c1-6-9-22-30(23-10-7-2)26(8-3)20-21-28(24-14-12-11-13-15-24)25-16-18-27(19-17-25)29(4)5/h8,11-21H,3,6-7,9-10,22-23H2,1-2,4-5H3. The molecule has 2 nitrogen and oxygen atoms in total. The molecule has 0 radical (unpaired) electrons. The molecule has 0 unspecified atom stereocenters. The summed E-state index contributed by atoms with van der Waals surface area (Å²) >= 11 is 0. The molecule has 2 aromatic rings. The lowest BCUT2D eigenvalue weighted by molar-refractivity contribution is 0.341. The van der Waals surface area contributed by atoms with E-state index in [1.165, 1.54) is 53.8 Å². The first-order valence-corrected chi connectivity index (χ1v) is 11.2. The van der Waals surface area contributed by atoms with Crippen LogP contribution in [0.2, 0.25) is 0 Å². The van der Waals surface area contributed by atoms with Gasteiger partial charge >= 0.3 is 0 Å². The number of unbranched alkanes of at least 4 members (excludes halogenated alkanes) is 2. The summed E-state index contributed by atoms with van der Waals surface area (Å²) in [7, 11) is 4.15. The average Bonchev–Trinajstić information content (AvgIpc) is 2.78. The van der Waals surface area contributed by atoms with Crippen molar-refractivity contribution in [1.82, 2.24) is 4.90 Å². The second kappa shape index (κ2) is 12.7. The Labute approximate surface area is 184 Å². The van der Waals surface area contributed by atoms with E-state index in [4.69, 9.17) is 0 Å². The van der Waals surface area contributed by atoms with E-state index in [0.717, 1.165) is 13.1 Å². The normalized spacial score (nSPS) is 12.0. The summed E-state index contributed by atoms with van der Waals surface area (Å²) in [5, 5.41) is 0. The van der Waals surface area contributed by atoms with E-state index in [9.17, 15) is 0 Å². The van der Waals surface area contributed by atoms with E-state index in [2.05, 4.69) is 111 Å². The summed E-state index contributed by atoms with van der Waals surface area (Å²) in [5.74, 6) is 0. The van der Waals surface area contributed by atoms with Gasteiger partial charge in [-0.2, -0.15) is 0 Å². The maximum absolute atomic E-state index is 4.11. The molecule has 0 aliphatic rings. The quantitative estimate of drug-likeness (QED) is 0.348. The first-order chi connectivity index (χ1) is 14.6. The van der Waals surface area contributed by atoms with Crippen molar-refractivity contribution < 1.29 is 0 Å². The number of hydrogen-bond acceptors (Lipinski definition) is 2. The highest BCUT2D eigenvalue weighted by molar-refractivity contribution is 5.81. The van der Waals surface area contributed by atoms with Crippen LogP contribution < -0.4 is 4.90 Å². The van der Waals surface area contributed by atoms with Crippen molar-refractivity contribution in [2.24, 2.45) is 0 Å². The van der Waals surface area contributed by atoms with Crippen molar-refractivity contribution >= 4 is 11.3 Å². The van der Waals surface area contributed by atoms with E-state index in [1.807, 2.05) is 6.08 Å². The van der Waals surface area contributed by atoms with Crippen molar-refractivity contribution in [2.75, 3.05) is 32.1 Å². The number of benzene rings is 2. The molecule has 0 N–H and O–H groups in total. The molecule has 0 aliphatic heterocycles. The maximum atomic E-state index is 4.11. The van der Waals surface area contributed by atoms with Crippen LogP contribution in [0.15, 0.2) is 85.1 Å². The summed E-state index contributed by atoms with van der Waals surface area (Å²) in [6.45, 7) is 10.8. The Morgan fingerprint density at radius 1 is 0.800 bits per heavy atom. The first kappa shape index (κ1) is 23.5. The monoisotopic (exact) mass is 402 g/mol. The van der Waals surface area contributed by atoms with Gasteiger partial charge in [0.2, 0.25) is 0 Å². The molecule has 0 aliphatic carbocycles. The van der Waals surface area contributed by atoms with Gasteiger partial charge in [-0.25, -0.2) is 0 Å². The maximum Gasteiger partial charge on any atom is 0.0361 e. The van der Waals surface area contributed by atoms with E-state index in [0.29, 0.717) is 0 Å². The molecule has 0 saturated carbocycles. The van der Waals surface area contributed by atoms with Crippen molar-refractivity contribution in [3.05, 3.63) is 96.2 Å². The molecular weight excluding hydrogens is 364 g/mol. The first-order valence-electron chi connectivity index (χ1n) is 11.2. The Bertz CT molecular complexity index is 805. The second-order valence-corrected chi connectivity index (χ2v) is 7.88. The summed E-state index contributed by atoms with van der Waals surface area (Å²) in [6.07, 6.45) is 11.3. The highest BCUT2D eigenvalue weighted by atomic mass is 15.1. The van der Waals surface area contributed by atoms with Crippen LogP contribution >= 0.6 is 0 Å². The molecular formula is C28H38N2. The minimum Gasteiger partial charge on any atom is -0.378 e. The largest absolute Gasteiger partial charge is 0.378 e.